The van der Waals surface area contributed by atoms with E-state index in [-0.39, 0.29) is 12.0 Å². The molecule has 2 aliphatic rings. The number of nitrogens with two attached hydrogens (primary N) is 1. The van der Waals surface area contributed by atoms with Crippen LogP contribution in [0.15, 0.2) is 24.4 Å². The molecule has 36 heavy (non-hydrogen) atoms. The fraction of sp³-hybridized carbons (Fsp3) is 0.520. The number of halogens is 1. The lowest BCUT2D eigenvalue weighted by atomic mass is 10.1. The van der Waals surface area contributed by atoms with E-state index in [1.807, 2.05) is 38.4 Å². The van der Waals surface area contributed by atoms with Crippen LogP contribution in [0.4, 0.5) is 16.2 Å². The molecule has 192 valence electrons. The molecule has 2 saturated heterocycles. The van der Waals surface area contributed by atoms with Gasteiger partial charge in [-0.3, -0.25) is 4.90 Å². The summed E-state index contributed by atoms with van der Waals surface area (Å²) >= 11 is 0. The number of aryl methyl sites for hydroxylation is 1. The molecule has 0 aliphatic carbocycles. The highest BCUT2D eigenvalue weighted by molar-refractivity contribution is 5.89. The molecule has 2 fully saturated rings. The normalized spacial score (nSPS) is 18.9. The molecule has 6 heterocycles. The minimum absolute atomic E-state index is 0.218. The first kappa shape index (κ1) is 24.4. The lowest BCUT2D eigenvalue weighted by Gasteiger charge is -2.40. The molecule has 2 aliphatic heterocycles. The van der Waals surface area contributed by atoms with E-state index in [4.69, 9.17) is 15.5 Å². The van der Waals surface area contributed by atoms with Gasteiger partial charge >= 0.3 is 0 Å². The molecule has 0 bridgehead atoms. The SMILES string of the molecule is CNc1nc(N)nn2ccc(-c3ccc4nc(C)n(C(C)C)c4n3)c12.FC1CCCN(C2COC2)C1. The van der Waals surface area contributed by atoms with Gasteiger partial charge in [-0.1, -0.05) is 0 Å². The third-order valence-electron chi connectivity index (χ3n) is 6.80. The Hall–Kier alpha value is -3.31. The second-order valence-corrected chi connectivity index (χ2v) is 9.68. The van der Waals surface area contributed by atoms with Crippen LogP contribution in [-0.4, -0.2) is 79.6 Å². The highest BCUT2D eigenvalue weighted by Gasteiger charge is 2.30. The Morgan fingerprint density at radius 2 is 1.97 bits per heavy atom. The fourth-order valence-electron chi connectivity index (χ4n) is 5.00. The minimum atomic E-state index is -0.593. The van der Waals surface area contributed by atoms with Gasteiger partial charge in [0.1, 0.15) is 23.0 Å². The van der Waals surface area contributed by atoms with E-state index >= 15 is 0 Å². The van der Waals surface area contributed by atoms with E-state index in [2.05, 4.69) is 43.7 Å². The smallest absolute Gasteiger partial charge is 0.240 e. The molecule has 1 unspecified atom stereocenters. The van der Waals surface area contributed by atoms with Gasteiger partial charge in [0, 0.05) is 31.4 Å². The summed E-state index contributed by atoms with van der Waals surface area (Å²) in [6.07, 6.45) is 3.03. The topological polar surface area (TPSA) is 111 Å². The molecular formula is C25H34FN9O. The zero-order valence-electron chi connectivity index (χ0n) is 21.3. The lowest BCUT2D eigenvalue weighted by Crippen LogP contribution is -2.52. The third-order valence-corrected chi connectivity index (χ3v) is 6.80. The van der Waals surface area contributed by atoms with Crippen LogP contribution in [0.25, 0.3) is 27.9 Å². The van der Waals surface area contributed by atoms with Crippen molar-refractivity contribution in [3.63, 3.8) is 0 Å². The van der Waals surface area contributed by atoms with Gasteiger partial charge < -0.3 is 20.4 Å². The molecule has 0 amide bonds. The number of nitrogen functional groups attached to an aromatic ring is 1. The van der Waals surface area contributed by atoms with Crippen LogP contribution in [0, 0.1) is 6.92 Å². The first-order valence-corrected chi connectivity index (χ1v) is 12.5. The summed E-state index contributed by atoms with van der Waals surface area (Å²) in [6.45, 7) is 9.59. The van der Waals surface area contributed by atoms with Crippen LogP contribution < -0.4 is 11.1 Å². The number of alkyl halides is 1. The number of nitrogens with zero attached hydrogens (tertiary/aromatic N) is 7. The number of fused-ring (bicyclic) bond motifs is 2. The molecular weight excluding hydrogens is 461 g/mol. The van der Waals surface area contributed by atoms with E-state index in [1.165, 1.54) is 0 Å². The number of hydrogen-bond donors (Lipinski definition) is 2. The second kappa shape index (κ2) is 9.98. The fourth-order valence-corrected chi connectivity index (χ4v) is 5.00. The highest BCUT2D eigenvalue weighted by atomic mass is 19.1. The molecule has 0 spiro atoms. The first-order chi connectivity index (χ1) is 17.4. The number of rotatable bonds is 4. The summed E-state index contributed by atoms with van der Waals surface area (Å²) in [5, 5.41) is 7.32. The van der Waals surface area contributed by atoms with Gasteiger partial charge in [-0.15, -0.1) is 5.10 Å². The summed E-state index contributed by atoms with van der Waals surface area (Å²) in [4.78, 5) is 16.0. The van der Waals surface area contributed by atoms with Crippen molar-refractivity contribution in [3.8, 4) is 11.3 Å². The van der Waals surface area contributed by atoms with Gasteiger partial charge in [-0.25, -0.2) is 18.9 Å². The Balaban J connectivity index is 0.000000202. The van der Waals surface area contributed by atoms with Crippen LogP contribution in [0.3, 0.4) is 0 Å². The monoisotopic (exact) mass is 495 g/mol. The van der Waals surface area contributed by atoms with Crippen molar-refractivity contribution in [3.05, 3.63) is 30.2 Å². The Kier molecular flexibility index (Phi) is 6.76. The molecule has 3 N–H and O–H groups in total. The lowest BCUT2D eigenvalue weighted by molar-refractivity contribution is -0.0780. The van der Waals surface area contributed by atoms with Crippen LogP contribution in [-0.2, 0) is 4.74 Å². The van der Waals surface area contributed by atoms with E-state index in [1.54, 1.807) is 4.52 Å². The molecule has 10 nitrogen and oxygen atoms in total. The van der Waals surface area contributed by atoms with Crippen molar-refractivity contribution in [2.45, 2.75) is 51.9 Å². The van der Waals surface area contributed by atoms with Gasteiger partial charge in [0.05, 0.1) is 24.9 Å². The number of imidazole rings is 1. The number of pyridine rings is 1. The van der Waals surface area contributed by atoms with E-state index in [0.29, 0.717) is 18.4 Å². The molecule has 1 atom stereocenters. The number of likely N-dealkylation sites (tertiary alicyclic amines) is 1. The Morgan fingerprint density at radius 1 is 1.17 bits per heavy atom. The minimum Gasteiger partial charge on any atom is -0.378 e. The van der Waals surface area contributed by atoms with Crippen LogP contribution in [0.5, 0.6) is 0 Å². The molecule has 11 heteroatoms. The van der Waals surface area contributed by atoms with E-state index < -0.39 is 6.17 Å². The Morgan fingerprint density at radius 3 is 2.64 bits per heavy atom. The number of anilines is 2. The van der Waals surface area contributed by atoms with Crippen LogP contribution in [0.1, 0.15) is 38.6 Å². The van der Waals surface area contributed by atoms with Gasteiger partial charge in [-0.2, -0.15) is 4.98 Å². The van der Waals surface area contributed by atoms with E-state index in [9.17, 15) is 4.39 Å². The quantitative estimate of drug-likeness (QED) is 0.443. The molecule has 4 aromatic heterocycles. The van der Waals surface area contributed by atoms with Crippen molar-refractivity contribution < 1.29 is 9.13 Å². The Bertz CT molecular complexity index is 1360. The predicted octanol–water partition coefficient (Wildman–Crippen LogP) is 3.47. The van der Waals surface area contributed by atoms with Gasteiger partial charge in [-0.05, 0) is 58.4 Å². The van der Waals surface area contributed by atoms with E-state index in [0.717, 1.165) is 66.4 Å². The number of nitrogens with one attached hydrogen (secondary N) is 1. The summed E-state index contributed by atoms with van der Waals surface area (Å²) in [7, 11) is 1.81. The molecule has 0 saturated carbocycles. The second-order valence-electron chi connectivity index (χ2n) is 9.68. The Labute approximate surface area is 209 Å². The number of aromatic nitrogens is 6. The molecule has 6 rings (SSSR count). The third kappa shape index (κ3) is 4.60. The molecule has 0 radical (unpaired) electrons. The number of hydrogen-bond acceptors (Lipinski definition) is 8. The maximum Gasteiger partial charge on any atom is 0.240 e. The largest absolute Gasteiger partial charge is 0.378 e. The summed E-state index contributed by atoms with van der Waals surface area (Å²) in [5.74, 6) is 1.85. The van der Waals surface area contributed by atoms with Crippen LogP contribution in [0.2, 0.25) is 0 Å². The van der Waals surface area contributed by atoms with Crippen molar-refractivity contribution >= 4 is 28.4 Å². The standard InChI is InChI=1S/C17H20N8.C8H14FNO/c1-9(2)25-10(3)20-13-6-5-12(21-16(13)25)11-7-8-24-14(11)15(19-4)22-17(18)23-24;9-7-2-1-3-10(4-7)8-5-11-6-8/h5-9H,1-4H3,(H3,18,19,22,23);7-8H,1-6H2. The zero-order valence-corrected chi connectivity index (χ0v) is 21.3. The average molecular weight is 496 g/mol. The average Bonchev–Trinajstić information content (AvgIpc) is 3.37. The van der Waals surface area contributed by atoms with Crippen LogP contribution >= 0.6 is 0 Å². The summed E-state index contributed by atoms with van der Waals surface area (Å²) < 4.78 is 21.8. The molecule has 0 aromatic carbocycles. The van der Waals surface area contributed by atoms with Gasteiger partial charge in [0.2, 0.25) is 5.95 Å². The van der Waals surface area contributed by atoms with Crippen molar-refractivity contribution in [1.82, 2.24) is 34.0 Å². The summed E-state index contributed by atoms with van der Waals surface area (Å²) in [5.41, 5.74) is 10.2. The number of piperidine rings is 1. The van der Waals surface area contributed by atoms with Gasteiger partial charge in [0.25, 0.3) is 0 Å². The highest BCUT2D eigenvalue weighted by Crippen LogP contribution is 2.30. The maximum absolute atomic E-state index is 12.9. The predicted molar refractivity (Wildman–Crippen MR) is 139 cm³/mol. The van der Waals surface area contributed by atoms with Gasteiger partial charge in [0.15, 0.2) is 11.5 Å². The molecule has 4 aromatic rings. The maximum atomic E-state index is 12.9. The van der Waals surface area contributed by atoms with Crippen molar-refractivity contribution in [1.29, 1.82) is 0 Å². The van der Waals surface area contributed by atoms with Crippen molar-refractivity contribution in [2.24, 2.45) is 0 Å². The van der Waals surface area contributed by atoms with Crippen molar-refractivity contribution in [2.75, 3.05) is 44.4 Å². The first-order valence-electron chi connectivity index (χ1n) is 12.5. The number of ether oxygens (including phenoxy) is 1. The summed E-state index contributed by atoms with van der Waals surface area (Å²) in [6, 6.07) is 6.76. The zero-order chi connectivity index (χ0) is 25.4.